The molecule has 1 fully saturated rings. The van der Waals surface area contributed by atoms with Crippen molar-refractivity contribution in [3.8, 4) is 0 Å². The van der Waals surface area contributed by atoms with Gasteiger partial charge in [0.05, 0.1) is 0 Å². The molecule has 0 aliphatic heterocycles. The summed E-state index contributed by atoms with van der Waals surface area (Å²) in [6, 6.07) is 6.39. The highest BCUT2D eigenvalue weighted by Gasteiger charge is 2.34. The minimum Gasteiger partial charge on any atom is -0.330 e. The second-order valence-electron chi connectivity index (χ2n) is 5.04. The number of nitrogens with two attached hydrogens (primary N) is 1. The minimum atomic E-state index is 0.277. The first-order valence-electron chi connectivity index (χ1n) is 6.41. The SMILES string of the molecule is Cc1cccc(C2(CCN)CCCCC2)n1. The first-order chi connectivity index (χ1) is 7.77. The van der Waals surface area contributed by atoms with Crippen molar-refractivity contribution in [1.82, 2.24) is 4.98 Å². The van der Waals surface area contributed by atoms with Crippen molar-refractivity contribution in [2.45, 2.75) is 50.9 Å². The van der Waals surface area contributed by atoms with E-state index >= 15 is 0 Å². The van der Waals surface area contributed by atoms with E-state index in [1.165, 1.54) is 37.8 Å². The summed E-state index contributed by atoms with van der Waals surface area (Å²) in [5, 5.41) is 0. The van der Waals surface area contributed by atoms with Crippen LogP contribution < -0.4 is 5.73 Å². The van der Waals surface area contributed by atoms with Crippen LogP contribution in [0.3, 0.4) is 0 Å². The van der Waals surface area contributed by atoms with Crippen molar-refractivity contribution < 1.29 is 0 Å². The summed E-state index contributed by atoms with van der Waals surface area (Å²) < 4.78 is 0. The molecule has 2 rings (SSSR count). The predicted molar refractivity (Wildman–Crippen MR) is 67.4 cm³/mol. The number of aryl methyl sites for hydroxylation is 1. The third-order valence-electron chi connectivity index (χ3n) is 3.87. The van der Waals surface area contributed by atoms with E-state index < -0.39 is 0 Å². The van der Waals surface area contributed by atoms with E-state index in [-0.39, 0.29) is 5.41 Å². The molecule has 0 unspecified atom stereocenters. The van der Waals surface area contributed by atoms with Crippen molar-refractivity contribution in [1.29, 1.82) is 0 Å². The summed E-state index contributed by atoms with van der Waals surface area (Å²) in [5.41, 5.74) is 8.47. The topological polar surface area (TPSA) is 38.9 Å². The summed E-state index contributed by atoms with van der Waals surface area (Å²) in [5.74, 6) is 0. The Labute approximate surface area is 98.3 Å². The Morgan fingerprint density at radius 2 is 2.00 bits per heavy atom. The number of aromatic nitrogens is 1. The van der Waals surface area contributed by atoms with Gasteiger partial charge in [-0.1, -0.05) is 25.3 Å². The highest BCUT2D eigenvalue weighted by atomic mass is 14.7. The predicted octanol–water partition coefficient (Wildman–Crippen LogP) is 2.94. The molecular weight excluding hydrogens is 196 g/mol. The highest BCUT2D eigenvalue weighted by molar-refractivity contribution is 5.20. The summed E-state index contributed by atoms with van der Waals surface area (Å²) in [6.45, 7) is 2.85. The maximum atomic E-state index is 5.79. The Morgan fingerprint density at radius 3 is 2.62 bits per heavy atom. The number of hydrogen-bond donors (Lipinski definition) is 1. The standard InChI is InChI=1S/C14H22N2/c1-12-6-5-7-13(16-12)14(10-11-15)8-3-2-4-9-14/h5-7H,2-4,8-11,15H2,1H3. The lowest BCUT2D eigenvalue weighted by atomic mass is 9.69. The molecule has 0 atom stereocenters. The van der Waals surface area contributed by atoms with Gasteiger partial charge in [0.25, 0.3) is 0 Å². The molecule has 2 heteroatoms. The molecule has 1 heterocycles. The van der Waals surface area contributed by atoms with E-state index in [9.17, 15) is 0 Å². The minimum absolute atomic E-state index is 0.277. The molecule has 88 valence electrons. The third kappa shape index (κ3) is 2.27. The van der Waals surface area contributed by atoms with Gasteiger partial charge in [-0.3, -0.25) is 4.98 Å². The van der Waals surface area contributed by atoms with Gasteiger partial charge in [0, 0.05) is 16.8 Å². The van der Waals surface area contributed by atoms with E-state index in [0.29, 0.717) is 0 Å². The van der Waals surface area contributed by atoms with Crippen LogP contribution in [0.4, 0.5) is 0 Å². The zero-order valence-corrected chi connectivity index (χ0v) is 10.2. The van der Waals surface area contributed by atoms with Crippen LogP contribution >= 0.6 is 0 Å². The first kappa shape index (κ1) is 11.6. The molecule has 1 saturated carbocycles. The second kappa shape index (κ2) is 4.96. The summed E-state index contributed by atoms with van der Waals surface area (Å²) in [6.07, 6.45) is 7.65. The molecule has 16 heavy (non-hydrogen) atoms. The molecule has 2 nitrogen and oxygen atoms in total. The maximum absolute atomic E-state index is 5.79. The van der Waals surface area contributed by atoms with E-state index in [1.54, 1.807) is 0 Å². The zero-order chi connectivity index (χ0) is 11.4. The Hall–Kier alpha value is -0.890. The van der Waals surface area contributed by atoms with Gasteiger partial charge < -0.3 is 5.73 Å². The Balaban J connectivity index is 2.30. The second-order valence-corrected chi connectivity index (χ2v) is 5.04. The fourth-order valence-electron chi connectivity index (χ4n) is 2.98. The van der Waals surface area contributed by atoms with Gasteiger partial charge in [-0.25, -0.2) is 0 Å². The van der Waals surface area contributed by atoms with Gasteiger partial charge in [0.1, 0.15) is 0 Å². The summed E-state index contributed by atoms with van der Waals surface area (Å²) in [4.78, 5) is 4.73. The fraction of sp³-hybridized carbons (Fsp3) is 0.643. The van der Waals surface area contributed by atoms with E-state index in [0.717, 1.165) is 18.7 Å². The average Bonchev–Trinajstić information content (AvgIpc) is 2.31. The average molecular weight is 218 g/mol. The lowest BCUT2D eigenvalue weighted by Crippen LogP contribution is -2.32. The molecule has 1 aromatic rings. The van der Waals surface area contributed by atoms with Crippen molar-refractivity contribution >= 4 is 0 Å². The highest BCUT2D eigenvalue weighted by Crippen LogP contribution is 2.40. The van der Waals surface area contributed by atoms with Gasteiger partial charge in [0.2, 0.25) is 0 Å². The number of nitrogens with zero attached hydrogens (tertiary/aromatic N) is 1. The lowest BCUT2D eigenvalue weighted by Gasteiger charge is -2.36. The van der Waals surface area contributed by atoms with Crippen LogP contribution in [0.5, 0.6) is 0 Å². The van der Waals surface area contributed by atoms with E-state index in [4.69, 9.17) is 10.7 Å². The molecule has 0 bridgehead atoms. The quantitative estimate of drug-likeness (QED) is 0.847. The van der Waals surface area contributed by atoms with Crippen molar-refractivity contribution in [2.75, 3.05) is 6.54 Å². The third-order valence-corrected chi connectivity index (χ3v) is 3.87. The van der Waals surface area contributed by atoms with Gasteiger partial charge in [-0.05, 0) is 44.9 Å². The molecular formula is C14H22N2. The zero-order valence-electron chi connectivity index (χ0n) is 10.2. The van der Waals surface area contributed by atoms with Crippen LogP contribution in [0.2, 0.25) is 0 Å². The van der Waals surface area contributed by atoms with Crippen LogP contribution in [0.15, 0.2) is 18.2 Å². The smallest absolute Gasteiger partial charge is 0.0469 e. The largest absolute Gasteiger partial charge is 0.330 e. The van der Waals surface area contributed by atoms with Crippen molar-refractivity contribution in [2.24, 2.45) is 5.73 Å². The fourth-order valence-corrected chi connectivity index (χ4v) is 2.98. The van der Waals surface area contributed by atoms with Crippen LogP contribution in [-0.2, 0) is 5.41 Å². The molecule has 1 aromatic heterocycles. The molecule has 0 aromatic carbocycles. The number of hydrogen-bond acceptors (Lipinski definition) is 2. The molecule has 2 N–H and O–H groups in total. The molecule has 0 saturated heterocycles. The Morgan fingerprint density at radius 1 is 1.25 bits per heavy atom. The van der Waals surface area contributed by atoms with Crippen LogP contribution in [0.25, 0.3) is 0 Å². The molecule has 0 spiro atoms. The number of pyridine rings is 1. The monoisotopic (exact) mass is 218 g/mol. The maximum Gasteiger partial charge on any atom is 0.0469 e. The van der Waals surface area contributed by atoms with E-state index in [1.807, 2.05) is 0 Å². The normalized spacial score (nSPS) is 19.6. The van der Waals surface area contributed by atoms with Crippen molar-refractivity contribution in [3.05, 3.63) is 29.6 Å². The van der Waals surface area contributed by atoms with Gasteiger partial charge in [-0.2, -0.15) is 0 Å². The molecule has 1 aliphatic carbocycles. The summed E-state index contributed by atoms with van der Waals surface area (Å²) >= 11 is 0. The van der Waals surface area contributed by atoms with Gasteiger partial charge in [-0.15, -0.1) is 0 Å². The van der Waals surface area contributed by atoms with E-state index in [2.05, 4.69) is 25.1 Å². The number of rotatable bonds is 3. The lowest BCUT2D eigenvalue weighted by molar-refractivity contribution is 0.270. The first-order valence-corrected chi connectivity index (χ1v) is 6.41. The summed E-state index contributed by atoms with van der Waals surface area (Å²) in [7, 11) is 0. The van der Waals surface area contributed by atoms with Crippen molar-refractivity contribution in [3.63, 3.8) is 0 Å². The van der Waals surface area contributed by atoms with Gasteiger partial charge in [0.15, 0.2) is 0 Å². The molecule has 0 radical (unpaired) electrons. The van der Waals surface area contributed by atoms with Crippen LogP contribution in [0.1, 0.15) is 49.9 Å². The Bertz CT molecular complexity index is 335. The molecule has 0 amide bonds. The van der Waals surface area contributed by atoms with Gasteiger partial charge >= 0.3 is 0 Å². The van der Waals surface area contributed by atoms with Crippen LogP contribution in [-0.4, -0.2) is 11.5 Å². The Kier molecular flexibility index (Phi) is 3.59. The van der Waals surface area contributed by atoms with Crippen LogP contribution in [0, 0.1) is 6.92 Å². The molecule has 1 aliphatic rings.